The highest BCUT2D eigenvalue weighted by atomic mass is 16.5. The number of hydrogen-bond acceptors (Lipinski definition) is 4. The molecular weight excluding hydrogens is 362 g/mol. The molecule has 1 spiro atoms. The molecule has 2 bridgehead atoms. The van der Waals surface area contributed by atoms with Gasteiger partial charge in [-0.2, -0.15) is 0 Å². The normalized spacial score (nSPS) is 30.5. The van der Waals surface area contributed by atoms with Gasteiger partial charge in [0.1, 0.15) is 0 Å². The molecular formula is C24H29N3O2. The summed E-state index contributed by atoms with van der Waals surface area (Å²) in [5.41, 5.74) is 4.20. The first kappa shape index (κ1) is 18.8. The van der Waals surface area contributed by atoms with Crippen LogP contribution in [0, 0.1) is 25.7 Å². The second-order valence-electron chi connectivity index (χ2n) is 9.08. The van der Waals surface area contributed by atoms with Gasteiger partial charge in [-0.05, 0) is 44.4 Å². The Morgan fingerprint density at radius 3 is 2.83 bits per heavy atom. The smallest absolute Gasteiger partial charge is 0.252 e. The van der Waals surface area contributed by atoms with E-state index >= 15 is 0 Å². The number of carbonyl (C=O) groups excluding carboxylic acids is 1. The van der Waals surface area contributed by atoms with Crippen LogP contribution < -0.4 is 5.32 Å². The number of amides is 1. The molecule has 0 radical (unpaired) electrons. The molecule has 0 unspecified atom stereocenters. The zero-order valence-electron chi connectivity index (χ0n) is 17.2. The number of hydrogen-bond donors (Lipinski definition) is 1. The maximum absolute atomic E-state index is 12.5. The van der Waals surface area contributed by atoms with E-state index in [9.17, 15) is 4.79 Å². The van der Waals surface area contributed by atoms with Gasteiger partial charge in [-0.3, -0.25) is 14.7 Å². The molecule has 3 aliphatic rings. The van der Waals surface area contributed by atoms with Crippen molar-refractivity contribution in [3.8, 4) is 0 Å². The lowest BCUT2D eigenvalue weighted by atomic mass is 9.73. The molecule has 0 saturated carbocycles. The summed E-state index contributed by atoms with van der Waals surface area (Å²) in [6.07, 6.45) is 4.21. The van der Waals surface area contributed by atoms with E-state index in [0.717, 1.165) is 38.2 Å². The van der Waals surface area contributed by atoms with Crippen molar-refractivity contribution in [1.29, 1.82) is 0 Å². The summed E-state index contributed by atoms with van der Waals surface area (Å²) in [6, 6.07) is 12.6. The van der Waals surface area contributed by atoms with Gasteiger partial charge >= 0.3 is 0 Å². The molecule has 5 rings (SSSR count). The SMILES string of the molecule is Cc1ccc(CN2C[C@@H]3[C@H](CNC(=O)c4ccc(C)nc4)[C@H]4CC[C@]3(C2)O4)cc1. The summed E-state index contributed by atoms with van der Waals surface area (Å²) in [5.74, 6) is 0.862. The standard InChI is InChI=1S/C24H29N3O2/c1-16-3-6-18(7-4-16)13-27-14-21-20(22-9-10-24(21,15-27)29-22)12-26-23(28)19-8-5-17(2)25-11-19/h3-8,11,20-22H,9-10,12-15H2,1-2H3,(H,26,28)/t20-,21+,22+,24+/m0/s1. The summed E-state index contributed by atoms with van der Waals surface area (Å²) < 4.78 is 6.53. The Labute approximate surface area is 172 Å². The Balaban J connectivity index is 1.23. The minimum absolute atomic E-state index is 0.00380. The van der Waals surface area contributed by atoms with Crippen LogP contribution in [-0.2, 0) is 11.3 Å². The highest BCUT2D eigenvalue weighted by molar-refractivity contribution is 5.93. The maximum atomic E-state index is 12.5. The largest absolute Gasteiger partial charge is 0.370 e. The third-order valence-electron chi connectivity index (χ3n) is 7.05. The first-order valence-corrected chi connectivity index (χ1v) is 10.7. The minimum Gasteiger partial charge on any atom is -0.370 e. The number of aryl methyl sites for hydroxylation is 2. The summed E-state index contributed by atoms with van der Waals surface area (Å²) >= 11 is 0. The molecule has 1 aromatic heterocycles. The quantitative estimate of drug-likeness (QED) is 0.851. The first-order valence-electron chi connectivity index (χ1n) is 10.7. The van der Waals surface area contributed by atoms with E-state index in [1.807, 2.05) is 19.1 Å². The van der Waals surface area contributed by atoms with Crippen molar-refractivity contribution in [3.63, 3.8) is 0 Å². The van der Waals surface area contributed by atoms with Crippen molar-refractivity contribution in [2.24, 2.45) is 11.8 Å². The van der Waals surface area contributed by atoms with Gasteiger partial charge in [-0.1, -0.05) is 29.8 Å². The van der Waals surface area contributed by atoms with Crippen molar-refractivity contribution in [2.45, 2.75) is 44.9 Å². The second kappa shape index (κ2) is 7.22. The van der Waals surface area contributed by atoms with E-state index in [0.29, 0.717) is 23.9 Å². The molecule has 0 aliphatic carbocycles. The minimum atomic E-state index is -0.0381. The van der Waals surface area contributed by atoms with Crippen LogP contribution in [0.5, 0.6) is 0 Å². The van der Waals surface area contributed by atoms with Gasteiger partial charge in [0.25, 0.3) is 5.91 Å². The Morgan fingerprint density at radius 2 is 2.07 bits per heavy atom. The molecule has 3 saturated heterocycles. The predicted octanol–water partition coefficient (Wildman–Crippen LogP) is 3.11. The number of likely N-dealkylation sites (tertiary alicyclic amines) is 1. The zero-order valence-corrected chi connectivity index (χ0v) is 17.2. The second-order valence-corrected chi connectivity index (χ2v) is 9.08. The van der Waals surface area contributed by atoms with Gasteiger partial charge in [0.15, 0.2) is 0 Å². The monoisotopic (exact) mass is 391 g/mol. The molecule has 29 heavy (non-hydrogen) atoms. The Kier molecular flexibility index (Phi) is 4.67. The first-order chi connectivity index (χ1) is 14.0. The number of benzene rings is 1. The van der Waals surface area contributed by atoms with Crippen molar-refractivity contribution in [2.75, 3.05) is 19.6 Å². The summed E-state index contributed by atoms with van der Waals surface area (Å²) in [4.78, 5) is 19.3. The van der Waals surface area contributed by atoms with Gasteiger partial charge in [0.05, 0.1) is 17.3 Å². The summed E-state index contributed by atoms with van der Waals surface area (Å²) in [7, 11) is 0. The third kappa shape index (κ3) is 3.47. The molecule has 1 aromatic carbocycles. The van der Waals surface area contributed by atoms with Crippen LogP contribution in [0.25, 0.3) is 0 Å². The van der Waals surface area contributed by atoms with Crippen LogP contribution in [0.2, 0.25) is 0 Å². The lowest BCUT2D eigenvalue weighted by molar-refractivity contribution is 0.00212. The van der Waals surface area contributed by atoms with E-state index in [-0.39, 0.29) is 17.6 Å². The van der Waals surface area contributed by atoms with Crippen molar-refractivity contribution in [3.05, 3.63) is 65.0 Å². The molecule has 4 atom stereocenters. The van der Waals surface area contributed by atoms with Crippen LogP contribution >= 0.6 is 0 Å². The molecule has 2 aromatic rings. The van der Waals surface area contributed by atoms with E-state index in [1.54, 1.807) is 6.20 Å². The number of aromatic nitrogens is 1. The van der Waals surface area contributed by atoms with Crippen LogP contribution in [0.3, 0.4) is 0 Å². The number of nitrogens with one attached hydrogen (secondary N) is 1. The molecule has 3 aliphatic heterocycles. The van der Waals surface area contributed by atoms with Crippen LogP contribution in [0.15, 0.2) is 42.6 Å². The predicted molar refractivity (Wildman–Crippen MR) is 112 cm³/mol. The van der Waals surface area contributed by atoms with E-state index < -0.39 is 0 Å². The average molecular weight is 392 g/mol. The van der Waals surface area contributed by atoms with E-state index in [2.05, 4.69) is 46.4 Å². The fraction of sp³-hybridized carbons (Fsp3) is 0.500. The Bertz CT molecular complexity index is 895. The number of ether oxygens (including phenoxy) is 1. The molecule has 4 heterocycles. The van der Waals surface area contributed by atoms with Crippen molar-refractivity contribution >= 4 is 5.91 Å². The van der Waals surface area contributed by atoms with E-state index in [4.69, 9.17) is 4.74 Å². The van der Waals surface area contributed by atoms with Gasteiger partial charge in [-0.15, -0.1) is 0 Å². The molecule has 1 N–H and O–H groups in total. The van der Waals surface area contributed by atoms with Crippen LogP contribution in [-0.4, -0.2) is 47.1 Å². The molecule has 5 nitrogen and oxygen atoms in total. The maximum Gasteiger partial charge on any atom is 0.252 e. The van der Waals surface area contributed by atoms with Gasteiger partial charge < -0.3 is 10.1 Å². The Morgan fingerprint density at radius 1 is 1.24 bits per heavy atom. The van der Waals surface area contributed by atoms with Crippen molar-refractivity contribution < 1.29 is 9.53 Å². The highest BCUT2D eigenvalue weighted by Gasteiger charge is 2.62. The zero-order chi connectivity index (χ0) is 20.0. The average Bonchev–Trinajstić information content (AvgIpc) is 3.36. The Hall–Kier alpha value is -2.24. The molecule has 3 fully saturated rings. The van der Waals surface area contributed by atoms with Gasteiger partial charge in [0, 0.05) is 49.9 Å². The topological polar surface area (TPSA) is 54.5 Å². The molecule has 1 amide bonds. The van der Waals surface area contributed by atoms with Crippen LogP contribution in [0.1, 0.15) is 40.0 Å². The number of nitrogens with zero attached hydrogens (tertiary/aromatic N) is 2. The number of fused-ring (bicyclic) bond motifs is 1. The van der Waals surface area contributed by atoms with Crippen molar-refractivity contribution in [1.82, 2.24) is 15.2 Å². The van der Waals surface area contributed by atoms with Crippen LogP contribution in [0.4, 0.5) is 0 Å². The third-order valence-corrected chi connectivity index (χ3v) is 7.05. The van der Waals surface area contributed by atoms with Gasteiger partial charge in [0.2, 0.25) is 0 Å². The van der Waals surface area contributed by atoms with Gasteiger partial charge in [-0.25, -0.2) is 0 Å². The highest BCUT2D eigenvalue weighted by Crippen LogP contribution is 2.54. The summed E-state index contributed by atoms with van der Waals surface area (Å²) in [5, 5.41) is 3.15. The fourth-order valence-corrected chi connectivity index (χ4v) is 5.55. The van der Waals surface area contributed by atoms with E-state index in [1.165, 1.54) is 11.1 Å². The fourth-order valence-electron chi connectivity index (χ4n) is 5.55. The lowest BCUT2D eigenvalue weighted by Gasteiger charge is -2.29. The number of rotatable bonds is 5. The molecule has 152 valence electrons. The molecule has 5 heteroatoms. The summed E-state index contributed by atoms with van der Waals surface area (Å²) in [6.45, 7) is 7.77. The number of carbonyl (C=O) groups is 1. The number of pyridine rings is 1. The lowest BCUT2D eigenvalue weighted by Crippen LogP contribution is -2.41.